The van der Waals surface area contributed by atoms with Crippen LogP contribution in [0.4, 0.5) is 0 Å². The molecule has 0 bridgehead atoms. The molecule has 0 aromatic carbocycles. The van der Waals surface area contributed by atoms with Gasteiger partial charge in [0.25, 0.3) is 0 Å². The van der Waals surface area contributed by atoms with E-state index in [0.29, 0.717) is 19.3 Å². The van der Waals surface area contributed by atoms with E-state index < -0.39 is 6.10 Å². The van der Waals surface area contributed by atoms with Gasteiger partial charge in [0.15, 0.2) is 6.10 Å². The summed E-state index contributed by atoms with van der Waals surface area (Å²) in [6.07, 6.45) is 42.3. The highest BCUT2D eigenvalue weighted by Crippen LogP contribution is 2.17. The molecule has 0 aromatic heterocycles. The highest BCUT2D eigenvalue weighted by atomic mass is 16.6. The first-order chi connectivity index (χ1) is 26.4. The lowest BCUT2D eigenvalue weighted by atomic mass is 9.99. The SMILES string of the molecule is CCCCCCCCCCCCCCCCCC(=O)OC[C@H](COC(=O)CCCCCCCCCCCCC(C)CC)OC(=O)CCCCCCCCC. The molecule has 0 radical (unpaired) electrons. The van der Waals surface area contributed by atoms with Crippen molar-refractivity contribution in [2.75, 3.05) is 13.2 Å². The van der Waals surface area contributed by atoms with Gasteiger partial charge in [0.1, 0.15) is 13.2 Å². The maximum Gasteiger partial charge on any atom is 0.306 e. The molecule has 6 nitrogen and oxygen atoms in total. The third-order valence-corrected chi connectivity index (χ3v) is 11.2. The first kappa shape index (κ1) is 52.4. The number of carbonyl (C=O) groups is 3. The zero-order valence-electron chi connectivity index (χ0n) is 36.7. The summed E-state index contributed by atoms with van der Waals surface area (Å²) in [5, 5.41) is 0. The Morgan fingerprint density at radius 2 is 0.648 bits per heavy atom. The first-order valence-corrected chi connectivity index (χ1v) is 23.9. The molecule has 0 rings (SSSR count). The number of hydrogen-bond acceptors (Lipinski definition) is 6. The summed E-state index contributed by atoms with van der Waals surface area (Å²) in [5.74, 6) is 0.0124. The second-order valence-corrected chi connectivity index (χ2v) is 16.6. The van der Waals surface area contributed by atoms with Gasteiger partial charge in [-0.1, -0.05) is 227 Å². The molecule has 54 heavy (non-hydrogen) atoms. The Balaban J connectivity index is 4.21. The van der Waals surface area contributed by atoms with Gasteiger partial charge in [-0.25, -0.2) is 0 Å². The zero-order chi connectivity index (χ0) is 39.6. The summed E-state index contributed by atoms with van der Waals surface area (Å²) in [4.78, 5) is 37.6. The van der Waals surface area contributed by atoms with E-state index in [0.717, 1.165) is 63.7 Å². The number of rotatable bonds is 43. The molecule has 0 saturated carbocycles. The summed E-state index contributed by atoms with van der Waals surface area (Å²) in [7, 11) is 0. The number of hydrogen-bond donors (Lipinski definition) is 0. The Labute approximate surface area is 336 Å². The van der Waals surface area contributed by atoms with E-state index in [1.54, 1.807) is 0 Å². The summed E-state index contributed by atoms with van der Waals surface area (Å²) in [6, 6.07) is 0. The van der Waals surface area contributed by atoms with Gasteiger partial charge in [0.2, 0.25) is 0 Å². The highest BCUT2D eigenvalue weighted by Gasteiger charge is 2.19. The molecule has 0 saturated heterocycles. The molecule has 1 unspecified atom stereocenters. The largest absolute Gasteiger partial charge is 0.462 e. The molecule has 0 aliphatic heterocycles. The second-order valence-electron chi connectivity index (χ2n) is 16.6. The molecule has 2 atom stereocenters. The van der Waals surface area contributed by atoms with Gasteiger partial charge in [-0.3, -0.25) is 14.4 Å². The third kappa shape index (κ3) is 40.1. The van der Waals surface area contributed by atoms with Gasteiger partial charge in [-0.15, -0.1) is 0 Å². The van der Waals surface area contributed by atoms with Crippen LogP contribution in [0.1, 0.15) is 265 Å². The van der Waals surface area contributed by atoms with E-state index >= 15 is 0 Å². The predicted octanol–water partition coefficient (Wildman–Crippen LogP) is 15.1. The van der Waals surface area contributed by atoms with Crippen LogP contribution in [0.15, 0.2) is 0 Å². The van der Waals surface area contributed by atoms with Gasteiger partial charge < -0.3 is 14.2 Å². The van der Waals surface area contributed by atoms with E-state index in [4.69, 9.17) is 14.2 Å². The van der Waals surface area contributed by atoms with Crippen LogP contribution in [0.2, 0.25) is 0 Å². The average molecular weight is 765 g/mol. The number of unbranched alkanes of at least 4 members (excludes halogenated alkanes) is 29. The standard InChI is InChI=1S/C48H92O6/c1-5-8-10-12-14-15-16-17-18-19-20-24-28-31-35-39-46(49)52-42-45(54-48(51)41-37-33-26-13-11-9-6-2)43-53-47(50)40-36-32-29-25-22-21-23-27-30-34-38-44(4)7-3/h44-45H,5-43H2,1-4H3/t44?,45-/m1/s1. The fraction of sp³-hybridized carbons (Fsp3) is 0.938. The van der Waals surface area contributed by atoms with Gasteiger partial charge in [-0.05, 0) is 25.2 Å². The molecule has 6 heteroatoms. The third-order valence-electron chi connectivity index (χ3n) is 11.2. The Morgan fingerprint density at radius 3 is 0.963 bits per heavy atom. The van der Waals surface area contributed by atoms with Crippen LogP contribution in [-0.4, -0.2) is 37.2 Å². The lowest BCUT2D eigenvalue weighted by molar-refractivity contribution is -0.167. The molecule has 0 N–H and O–H groups in total. The zero-order valence-corrected chi connectivity index (χ0v) is 36.7. The molecule has 0 aromatic rings. The predicted molar refractivity (Wildman–Crippen MR) is 229 cm³/mol. The summed E-state index contributed by atoms with van der Waals surface area (Å²) < 4.78 is 16.7. The number of esters is 3. The van der Waals surface area contributed by atoms with Crippen LogP contribution in [-0.2, 0) is 28.6 Å². The Morgan fingerprint density at radius 1 is 0.370 bits per heavy atom. The summed E-state index contributed by atoms with van der Waals surface area (Å²) in [5.41, 5.74) is 0. The van der Waals surface area contributed by atoms with Gasteiger partial charge in [-0.2, -0.15) is 0 Å². The Hall–Kier alpha value is -1.59. The van der Waals surface area contributed by atoms with Crippen LogP contribution < -0.4 is 0 Å². The summed E-state index contributed by atoms with van der Waals surface area (Å²) in [6.45, 7) is 8.99. The van der Waals surface area contributed by atoms with E-state index in [1.807, 2.05) is 0 Å². The molecule has 0 fully saturated rings. The molecular weight excluding hydrogens is 673 g/mol. The van der Waals surface area contributed by atoms with Crippen LogP contribution in [0.25, 0.3) is 0 Å². The van der Waals surface area contributed by atoms with Crippen molar-refractivity contribution >= 4 is 17.9 Å². The van der Waals surface area contributed by atoms with Crippen molar-refractivity contribution in [2.45, 2.75) is 271 Å². The second kappa shape index (κ2) is 42.6. The molecule has 320 valence electrons. The topological polar surface area (TPSA) is 78.9 Å². The fourth-order valence-electron chi connectivity index (χ4n) is 7.12. The minimum atomic E-state index is -0.758. The maximum absolute atomic E-state index is 12.6. The number of carbonyl (C=O) groups excluding carboxylic acids is 3. The van der Waals surface area contributed by atoms with Crippen molar-refractivity contribution in [3.63, 3.8) is 0 Å². The first-order valence-electron chi connectivity index (χ1n) is 23.9. The average Bonchev–Trinajstić information content (AvgIpc) is 3.17. The normalized spacial score (nSPS) is 12.4. The van der Waals surface area contributed by atoms with Crippen LogP contribution in [0.3, 0.4) is 0 Å². The van der Waals surface area contributed by atoms with Crippen molar-refractivity contribution in [3.05, 3.63) is 0 Å². The van der Waals surface area contributed by atoms with Gasteiger partial charge >= 0.3 is 17.9 Å². The Kier molecular flexibility index (Phi) is 41.3. The fourth-order valence-corrected chi connectivity index (χ4v) is 7.12. The van der Waals surface area contributed by atoms with Crippen molar-refractivity contribution < 1.29 is 28.6 Å². The van der Waals surface area contributed by atoms with E-state index in [1.165, 1.54) is 161 Å². The molecule has 0 amide bonds. The smallest absolute Gasteiger partial charge is 0.306 e. The van der Waals surface area contributed by atoms with Gasteiger partial charge in [0, 0.05) is 19.3 Å². The maximum atomic E-state index is 12.6. The van der Waals surface area contributed by atoms with Crippen molar-refractivity contribution in [2.24, 2.45) is 5.92 Å². The molecule has 0 aliphatic carbocycles. The number of ether oxygens (including phenoxy) is 3. The van der Waals surface area contributed by atoms with Crippen LogP contribution in [0.5, 0.6) is 0 Å². The lowest BCUT2D eigenvalue weighted by Gasteiger charge is -2.18. The highest BCUT2D eigenvalue weighted by molar-refractivity contribution is 5.71. The van der Waals surface area contributed by atoms with Crippen molar-refractivity contribution in [1.82, 2.24) is 0 Å². The molecule has 0 aliphatic rings. The van der Waals surface area contributed by atoms with E-state index in [2.05, 4.69) is 27.7 Å². The lowest BCUT2D eigenvalue weighted by Crippen LogP contribution is -2.30. The van der Waals surface area contributed by atoms with Crippen molar-refractivity contribution in [3.8, 4) is 0 Å². The molecule has 0 spiro atoms. The van der Waals surface area contributed by atoms with Crippen LogP contribution >= 0.6 is 0 Å². The quantitative estimate of drug-likeness (QED) is 0.0349. The molecular formula is C48H92O6. The van der Waals surface area contributed by atoms with E-state index in [-0.39, 0.29) is 31.1 Å². The minimum Gasteiger partial charge on any atom is -0.462 e. The van der Waals surface area contributed by atoms with E-state index in [9.17, 15) is 14.4 Å². The minimum absolute atomic E-state index is 0.0640. The van der Waals surface area contributed by atoms with Crippen LogP contribution in [0, 0.1) is 5.92 Å². The van der Waals surface area contributed by atoms with Gasteiger partial charge in [0.05, 0.1) is 0 Å². The molecule has 0 heterocycles. The monoisotopic (exact) mass is 765 g/mol. The summed E-state index contributed by atoms with van der Waals surface area (Å²) >= 11 is 0. The Bertz CT molecular complexity index is 813. The van der Waals surface area contributed by atoms with Crippen molar-refractivity contribution in [1.29, 1.82) is 0 Å².